The molecular formula is C18H19N5O. The van der Waals surface area contributed by atoms with Crippen molar-refractivity contribution in [2.24, 2.45) is 0 Å². The molecular weight excluding hydrogens is 302 g/mol. The van der Waals surface area contributed by atoms with Gasteiger partial charge in [0.05, 0.1) is 11.7 Å². The second kappa shape index (κ2) is 6.49. The predicted molar refractivity (Wildman–Crippen MR) is 88.9 cm³/mol. The zero-order valence-electron chi connectivity index (χ0n) is 13.6. The molecule has 3 aromatic heterocycles. The number of aryl methyl sites for hydroxylation is 1. The third-order valence-corrected chi connectivity index (χ3v) is 4.32. The van der Waals surface area contributed by atoms with Crippen molar-refractivity contribution in [3.05, 3.63) is 59.9 Å². The second-order valence-electron chi connectivity index (χ2n) is 6.13. The molecule has 24 heavy (non-hydrogen) atoms. The summed E-state index contributed by atoms with van der Waals surface area (Å²) in [6.07, 6.45) is 7.79. The first-order valence-electron chi connectivity index (χ1n) is 8.19. The molecule has 1 saturated heterocycles. The smallest absolute Gasteiger partial charge is 0.178 e. The largest absolute Gasteiger partial charge is 0.359 e. The second-order valence-corrected chi connectivity index (χ2v) is 6.13. The van der Waals surface area contributed by atoms with Gasteiger partial charge in [-0.25, -0.2) is 9.97 Å². The number of aromatic nitrogens is 4. The summed E-state index contributed by atoms with van der Waals surface area (Å²) in [6.45, 7) is 3.82. The van der Waals surface area contributed by atoms with Crippen LogP contribution in [0.3, 0.4) is 0 Å². The number of pyridine rings is 1. The molecule has 0 aromatic carbocycles. The maximum absolute atomic E-state index is 5.46. The quantitative estimate of drug-likeness (QED) is 0.735. The van der Waals surface area contributed by atoms with E-state index in [0.29, 0.717) is 11.9 Å². The number of nitrogens with zero attached hydrogens (tertiary/aromatic N) is 5. The Hall–Kier alpha value is -2.60. The van der Waals surface area contributed by atoms with Gasteiger partial charge in [-0.05, 0) is 38.4 Å². The third kappa shape index (κ3) is 3.05. The lowest BCUT2D eigenvalue weighted by molar-refractivity contribution is 0.206. The summed E-state index contributed by atoms with van der Waals surface area (Å²) in [6, 6.07) is 8.06. The highest BCUT2D eigenvalue weighted by atomic mass is 16.5. The zero-order chi connectivity index (χ0) is 16.4. The van der Waals surface area contributed by atoms with Gasteiger partial charge in [0, 0.05) is 36.8 Å². The highest BCUT2D eigenvalue weighted by molar-refractivity contribution is 5.47. The van der Waals surface area contributed by atoms with Crippen molar-refractivity contribution in [3.63, 3.8) is 0 Å². The monoisotopic (exact) mass is 321 g/mol. The minimum atomic E-state index is 0.293. The van der Waals surface area contributed by atoms with Crippen LogP contribution < -0.4 is 0 Å². The van der Waals surface area contributed by atoms with Gasteiger partial charge in [0.15, 0.2) is 11.6 Å². The Bertz CT molecular complexity index is 800. The maximum Gasteiger partial charge on any atom is 0.178 e. The fourth-order valence-corrected chi connectivity index (χ4v) is 3.18. The van der Waals surface area contributed by atoms with Crippen LogP contribution >= 0.6 is 0 Å². The van der Waals surface area contributed by atoms with Gasteiger partial charge in [0.2, 0.25) is 0 Å². The van der Waals surface area contributed by atoms with E-state index in [2.05, 4.69) is 25.0 Å². The normalized spacial score (nSPS) is 18.1. The summed E-state index contributed by atoms with van der Waals surface area (Å²) < 4.78 is 5.46. The van der Waals surface area contributed by atoms with Crippen molar-refractivity contribution < 1.29 is 4.52 Å². The fraction of sp³-hybridized carbons (Fsp3) is 0.333. The van der Waals surface area contributed by atoms with Crippen molar-refractivity contribution in [2.45, 2.75) is 32.4 Å². The van der Waals surface area contributed by atoms with Crippen molar-refractivity contribution in [1.29, 1.82) is 0 Å². The number of hydrogen-bond acceptors (Lipinski definition) is 6. The summed E-state index contributed by atoms with van der Waals surface area (Å²) in [5.41, 5.74) is 2.82. The Labute approximate surface area is 140 Å². The molecule has 0 radical (unpaired) electrons. The van der Waals surface area contributed by atoms with E-state index in [1.54, 1.807) is 6.20 Å². The molecule has 0 aliphatic carbocycles. The van der Waals surface area contributed by atoms with E-state index in [4.69, 9.17) is 4.52 Å². The number of rotatable bonds is 4. The Kier molecular flexibility index (Phi) is 4.04. The Morgan fingerprint density at radius 2 is 2.08 bits per heavy atom. The molecule has 1 fully saturated rings. The first kappa shape index (κ1) is 15.0. The van der Waals surface area contributed by atoms with Crippen molar-refractivity contribution >= 4 is 0 Å². The Morgan fingerprint density at radius 1 is 1.21 bits per heavy atom. The molecule has 0 spiro atoms. The molecule has 3 aromatic rings. The van der Waals surface area contributed by atoms with E-state index in [0.717, 1.165) is 48.6 Å². The third-order valence-electron chi connectivity index (χ3n) is 4.32. The molecule has 6 heteroatoms. The molecule has 1 aliphatic heterocycles. The SMILES string of the molecule is Cc1cc([C@H]2CCCN2Cc2cnc(-c3ccccn3)nc2)on1. The number of hydrogen-bond donors (Lipinski definition) is 0. The lowest BCUT2D eigenvalue weighted by Crippen LogP contribution is -2.22. The molecule has 0 unspecified atom stereocenters. The van der Waals surface area contributed by atoms with Crippen LogP contribution in [0.4, 0.5) is 0 Å². The molecule has 4 heterocycles. The summed E-state index contributed by atoms with van der Waals surface area (Å²) in [7, 11) is 0. The lowest BCUT2D eigenvalue weighted by Gasteiger charge is -2.21. The van der Waals surface area contributed by atoms with Crippen molar-refractivity contribution in [3.8, 4) is 11.5 Å². The van der Waals surface area contributed by atoms with Crippen LogP contribution in [-0.4, -0.2) is 31.6 Å². The summed E-state index contributed by atoms with van der Waals surface area (Å²) in [4.78, 5) is 15.6. The Balaban J connectivity index is 1.48. The highest BCUT2D eigenvalue weighted by Gasteiger charge is 2.29. The van der Waals surface area contributed by atoms with Gasteiger partial charge in [-0.3, -0.25) is 9.88 Å². The average molecular weight is 321 g/mol. The fourth-order valence-electron chi connectivity index (χ4n) is 3.18. The summed E-state index contributed by atoms with van der Waals surface area (Å²) >= 11 is 0. The molecule has 122 valence electrons. The van der Waals surface area contributed by atoms with Crippen LogP contribution in [0, 0.1) is 6.92 Å². The predicted octanol–water partition coefficient (Wildman–Crippen LogP) is 3.17. The standard InChI is InChI=1S/C18H19N5O/c1-13-9-17(24-22-13)16-6-4-8-23(16)12-14-10-20-18(21-11-14)15-5-2-3-7-19-15/h2-3,5,7,9-11,16H,4,6,8,12H2,1H3/t16-/m1/s1. The minimum Gasteiger partial charge on any atom is -0.359 e. The molecule has 1 aliphatic rings. The van der Waals surface area contributed by atoms with E-state index in [-0.39, 0.29) is 0 Å². The summed E-state index contributed by atoms with van der Waals surface area (Å²) in [5, 5.41) is 4.01. The molecule has 1 atom stereocenters. The lowest BCUT2D eigenvalue weighted by atomic mass is 10.1. The first-order chi connectivity index (χ1) is 11.8. The molecule has 0 N–H and O–H groups in total. The number of likely N-dealkylation sites (tertiary alicyclic amines) is 1. The minimum absolute atomic E-state index is 0.293. The van der Waals surface area contributed by atoms with Gasteiger partial charge >= 0.3 is 0 Å². The molecule has 0 bridgehead atoms. The van der Waals surface area contributed by atoms with Gasteiger partial charge in [-0.15, -0.1) is 0 Å². The van der Waals surface area contributed by atoms with Crippen LogP contribution in [0.5, 0.6) is 0 Å². The van der Waals surface area contributed by atoms with Gasteiger partial charge in [-0.1, -0.05) is 11.2 Å². The van der Waals surface area contributed by atoms with Gasteiger partial charge in [0.25, 0.3) is 0 Å². The topological polar surface area (TPSA) is 67.9 Å². The van der Waals surface area contributed by atoms with Crippen LogP contribution in [0.25, 0.3) is 11.5 Å². The average Bonchev–Trinajstić information content (AvgIpc) is 3.25. The van der Waals surface area contributed by atoms with Crippen LogP contribution in [0.2, 0.25) is 0 Å². The van der Waals surface area contributed by atoms with Crippen molar-refractivity contribution in [2.75, 3.05) is 6.54 Å². The molecule has 0 saturated carbocycles. The first-order valence-corrected chi connectivity index (χ1v) is 8.19. The van der Waals surface area contributed by atoms with E-state index in [1.807, 2.05) is 43.6 Å². The van der Waals surface area contributed by atoms with Crippen LogP contribution in [0.1, 0.15) is 35.9 Å². The van der Waals surface area contributed by atoms with E-state index in [1.165, 1.54) is 0 Å². The molecule has 4 rings (SSSR count). The van der Waals surface area contributed by atoms with Gasteiger partial charge in [0.1, 0.15) is 5.69 Å². The molecule has 6 nitrogen and oxygen atoms in total. The van der Waals surface area contributed by atoms with Gasteiger partial charge < -0.3 is 4.52 Å². The highest BCUT2D eigenvalue weighted by Crippen LogP contribution is 2.33. The maximum atomic E-state index is 5.46. The van der Waals surface area contributed by atoms with E-state index >= 15 is 0 Å². The van der Waals surface area contributed by atoms with Crippen LogP contribution in [0.15, 0.2) is 47.4 Å². The van der Waals surface area contributed by atoms with E-state index < -0.39 is 0 Å². The molecule has 0 amide bonds. The van der Waals surface area contributed by atoms with Crippen molar-refractivity contribution in [1.82, 2.24) is 25.0 Å². The van der Waals surface area contributed by atoms with E-state index in [9.17, 15) is 0 Å². The zero-order valence-corrected chi connectivity index (χ0v) is 13.6. The summed E-state index contributed by atoms with van der Waals surface area (Å²) in [5.74, 6) is 1.61. The van der Waals surface area contributed by atoms with Gasteiger partial charge in [-0.2, -0.15) is 0 Å². The Morgan fingerprint density at radius 3 is 2.79 bits per heavy atom. The van der Waals surface area contributed by atoms with Crippen LogP contribution in [-0.2, 0) is 6.54 Å².